The summed E-state index contributed by atoms with van der Waals surface area (Å²) in [5.41, 5.74) is 5.35. The fourth-order valence-corrected chi connectivity index (χ4v) is 1.46. The zero-order chi connectivity index (χ0) is 9.84. The summed E-state index contributed by atoms with van der Waals surface area (Å²) in [5, 5.41) is 0. The van der Waals surface area contributed by atoms with Crippen LogP contribution in [0.4, 0.5) is 0 Å². The molecule has 1 amide bonds. The van der Waals surface area contributed by atoms with E-state index in [0.29, 0.717) is 5.56 Å². The number of hydrogen-bond donors (Lipinski definition) is 2. The molecule has 0 aromatic carbocycles. The van der Waals surface area contributed by atoms with E-state index in [0.717, 1.165) is 0 Å². The van der Waals surface area contributed by atoms with Crippen molar-refractivity contribution in [3.8, 4) is 0 Å². The molecule has 1 heterocycles. The Morgan fingerprint density at radius 1 is 1.54 bits per heavy atom. The molecule has 0 saturated heterocycles. The van der Waals surface area contributed by atoms with Crippen LogP contribution < -0.4 is 5.73 Å². The molecule has 0 atom stereocenters. The van der Waals surface area contributed by atoms with Crippen molar-refractivity contribution in [2.45, 2.75) is 5.75 Å². The van der Waals surface area contributed by atoms with Crippen LogP contribution in [0.3, 0.4) is 0 Å². The second kappa shape index (κ2) is 3.99. The van der Waals surface area contributed by atoms with E-state index in [2.05, 4.69) is 4.98 Å². The molecule has 0 spiro atoms. The Kier molecular flexibility index (Phi) is 2.97. The Morgan fingerprint density at radius 2 is 2.23 bits per heavy atom. The molecular formula is C7H8N2O3S. The van der Waals surface area contributed by atoms with Gasteiger partial charge in [0.2, 0.25) is 0 Å². The van der Waals surface area contributed by atoms with Crippen molar-refractivity contribution in [3.63, 3.8) is 0 Å². The highest BCUT2D eigenvalue weighted by molar-refractivity contribution is 7.71. The molecule has 0 saturated carbocycles. The van der Waals surface area contributed by atoms with Gasteiger partial charge in [-0.3, -0.25) is 9.78 Å². The molecule has 70 valence electrons. The average Bonchev–Trinajstić information content (AvgIpc) is 2.03. The number of aromatic nitrogens is 1. The predicted octanol–water partition coefficient (Wildman–Crippen LogP) is -0.708. The summed E-state index contributed by atoms with van der Waals surface area (Å²) in [6.07, 6.45) is 1.39. The highest BCUT2D eigenvalue weighted by Crippen LogP contribution is 2.05. The number of nitrogens with zero attached hydrogens (tertiary/aromatic N) is 1. The Labute approximate surface area is 76.5 Å². The van der Waals surface area contributed by atoms with Crippen molar-refractivity contribution < 1.29 is 13.2 Å². The zero-order valence-corrected chi connectivity index (χ0v) is 7.53. The van der Waals surface area contributed by atoms with Gasteiger partial charge in [0.25, 0.3) is 5.91 Å². The Morgan fingerprint density at radius 3 is 2.77 bits per heavy atom. The molecule has 0 fully saturated rings. The Balaban J connectivity index is 3.11. The maximum atomic E-state index is 10.8. The lowest BCUT2D eigenvalue weighted by molar-refractivity contribution is 0.0995. The highest BCUT2D eigenvalue weighted by atomic mass is 32.2. The van der Waals surface area contributed by atoms with Crippen LogP contribution in [0.25, 0.3) is 0 Å². The van der Waals surface area contributed by atoms with E-state index in [9.17, 15) is 13.2 Å². The van der Waals surface area contributed by atoms with Gasteiger partial charge in [0.05, 0.1) is 5.75 Å². The summed E-state index contributed by atoms with van der Waals surface area (Å²) < 4.78 is 20.8. The third-order valence-corrected chi connectivity index (χ3v) is 2.02. The number of carbonyl (C=O) groups excluding carboxylic acids is 1. The SMILES string of the molecule is NC(=O)c1ncccc1C[SH](=O)=O. The largest absolute Gasteiger partial charge is 0.364 e. The number of hydrogen-bond acceptors (Lipinski definition) is 4. The summed E-state index contributed by atoms with van der Waals surface area (Å²) in [5.74, 6) is -0.922. The van der Waals surface area contributed by atoms with Crippen LogP contribution in [0.15, 0.2) is 18.3 Å². The number of rotatable bonds is 3. The summed E-state index contributed by atoms with van der Waals surface area (Å²) in [6.45, 7) is 0. The van der Waals surface area contributed by atoms with Gasteiger partial charge in [-0.15, -0.1) is 0 Å². The minimum Gasteiger partial charge on any atom is -0.364 e. The van der Waals surface area contributed by atoms with E-state index < -0.39 is 16.6 Å². The van der Waals surface area contributed by atoms with Gasteiger partial charge in [-0.2, -0.15) is 0 Å². The highest BCUT2D eigenvalue weighted by Gasteiger charge is 2.08. The minimum atomic E-state index is -2.57. The molecule has 0 unspecified atom stereocenters. The van der Waals surface area contributed by atoms with Gasteiger partial charge < -0.3 is 5.73 Å². The van der Waals surface area contributed by atoms with Crippen molar-refractivity contribution in [2.75, 3.05) is 0 Å². The van der Waals surface area contributed by atoms with E-state index in [1.165, 1.54) is 12.3 Å². The molecule has 0 aliphatic carbocycles. The van der Waals surface area contributed by atoms with Gasteiger partial charge in [-0.05, 0) is 11.6 Å². The molecule has 1 rings (SSSR count). The molecule has 2 N–H and O–H groups in total. The number of pyridine rings is 1. The second-order valence-corrected chi connectivity index (χ2v) is 3.35. The van der Waals surface area contributed by atoms with Crippen LogP contribution in [0.1, 0.15) is 16.1 Å². The van der Waals surface area contributed by atoms with Crippen molar-refractivity contribution in [3.05, 3.63) is 29.6 Å². The van der Waals surface area contributed by atoms with Crippen LogP contribution in [-0.4, -0.2) is 19.3 Å². The van der Waals surface area contributed by atoms with Gasteiger partial charge in [0.15, 0.2) is 0 Å². The first-order chi connectivity index (χ1) is 6.11. The summed E-state index contributed by atoms with van der Waals surface area (Å²) >= 11 is 0. The molecule has 13 heavy (non-hydrogen) atoms. The van der Waals surface area contributed by atoms with Crippen LogP contribution in [0, 0.1) is 0 Å². The standard InChI is InChI=1S/C7H8N2O3S/c8-7(10)6-5(4-13(11)12)2-1-3-9-6/h1-3,13H,4H2,(H2,8,10). The average molecular weight is 200 g/mol. The number of amides is 1. The van der Waals surface area contributed by atoms with E-state index in [-0.39, 0.29) is 11.4 Å². The van der Waals surface area contributed by atoms with Gasteiger partial charge in [0, 0.05) is 6.20 Å². The molecular weight excluding hydrogens is 192 g/mol. The fourth-order valence-electron chi connectivity index (χ4n) is 0.927. The van der Waals surface area contributed by atoms with Crippen molar-refractivity contribution in [2.24, 2.45) is 5.73 Å². The molecule has 0 bridgehead atoms. The maximum absolute atomic E-state index is 10.8. The van der Waals surface area contributed by atoms with Crippen LogP contribution in [-0.2, 0) is 16.5 Å². The van der Waals surface area contributed by atoms with Crippen molar-refractivity contribution in [1.29, 1.82) is 0 Å². The van der Waals surface area contributed by atoms with Gasteiger partial charge in [-0.1, -0.05) is 6.07 Å². The summed E-state index contributed by atoms with van der Waals surface area (Å²) in [4.78, 5) is 14.5. The summed E-state index contributed by atoms with van der Waals surface area (Å²) in [7, 11) is -2.57. The van der Waals surface area contributed by atoms with Gasteiger partial charge in [0.1, 0.15) is 16.4 Å². The molecule has 0 aliphatic rings. The number of nitrogens with two attached hydrogens (primary N) is 1. The minimum absolute atomic E-state index is 0.0155. The van der Waals surface area contributed by atoms with Crippen molar-refractivity contribution >= 4 is 16.6 Å². The normalized spacial score (nSPS) is 10.2. The lowest BCUT2D eigenvalue weighted by atomic mass is 10.2. The quantitative estimate of drug-likeness (QED) is 0.631. The Hall–Kier alpha value is -1.43. The molecule has 6 heteroatoms. The second-order valence-electron chi connectivity index (χ2n) is 2.37. The molecule has 0 radical (unpaired) electrons. The first-order valence-corrected chi connectivity index (χ1v) is 4.83. The lowest BCUT2D eigenvalue weighted by Crippen LogP contribution is -2.15. The third-order valence-electron chi connectivity index (χ3n) is 1.42. The monoisotopic (exact) mass is 200 g/mol. The van der Waals surface area contributed by atoms with Gasteiger partial charge >= 0.3 is 0 Å². The van der Waals surface area contributed by atoms with Crippen molar-refractivity contribution in [1.82, 2.24) is 4.98 Å². The Bertz CT molecular complexity index is 392. The van der Waals surface area contributed by atoms with Gasteiger partial charge in [-0.25, -0.2) is 8.42 Å². The van der Waals surface area contributed by atoms with Crippen LogP contribution in [0.2, 0.25) is 0 Å². The molecule has 5 nitrogen and oxygen atoms in total. The van der Waals surface area contributed by atoms with Crippen LogP contribution in [0.5, 0.6) is 0 Å². The summed E-state index contributed by atoms with van der Waals surface area (Å²) in [6, 6.07) is 3.07. The molecule has 1 aromatic rings. The number of carbonyl (C=O) groups is 1. The fraction of sp³-hybridized carbons (Fsp3) is 0.143. The number of thiol groups is 1. The van der Waals surface area contributed by atoms with E-state index >= 15 is 0 Å². The lowest BCUT2D eigenvalue weighted by Gasteiger charge is -1.99. The maximum Gasteiger partial charge on any atom is 0.267 e. The van der Waals surface area contributed by atoms with E-state index in [1.807, 2.05) is 0 Å². The molecule has 1 aromatic heterocycles. The third kappa shape index (κ3) is 2.51. The van der Waals surface area contributed by atoms with E-state index in [1.54, 1.807) is 6.07 Å². The molecule has 0 aliphatic heterocycles. The first kappa shape index (κ1) is 9.66. The topological polar surface area (TPSA) is 90.1 Å². The number of primary amides is 1. The smallest absolute Gasteiger partial charge is 0.267 e. The van der Waals surface area contributed by atoms with E-state index in [4.69, 9.17) is 5.73 Å². The first-order valence-electron chi connectivity index (χ1n) is 3.46. The zero-order valence-electron chi connectivity index (χ0n) is 6.64. The van der Waals surface area contributed by atoms with Crippen LogP contribution >= 0.6 is 0 Å². The predicted molar refractivity (Wildman–Crippen MR) is 46.8 cm³/mol.